The second-order valence-electron chi connectivity index (χ2n) is 4.14. The van der Waals surface area contributed by atoms with Gasteiger partial charge in [-0.15, -0.1) is 0 Å². The molecule has 2 rings (SSSR count). The van der Waals surface area contributed by atoms with E-state index in [2.05, 4.69) is 12.2 Å². The summed E-state index contributed by atoms with van der Waals surface area (Å²) < 4.78 is 11.3. The zero-order chi connectivity index (χ0) is 13.5. The molecular formula is C16H19NO2. The molecule has 0 atom stereocenters. The number of nitrogens with one attached hydrogen (secondary N) is 1. The molecule has 2 aromatic rings. The molecule has 1 N–H and O–H groups in total. The third kappa shape index (κ3) is 3.41. The second kappa shape index (κ2) is 6.69. The maximum absolute atomic E-state index is 5.91. The van der Waals surface area contributed by atoms with Gasteiger partial charge in [0.1, 0.15) is 6.61 Å². The first-order valence-corrected chi connectivity index (χ1v) is 6.42. The van der Waals surface area contributed by atoms with E-state index >= 15 is 0 Å². The van der Waals surface area contributed by atoms with Crippen LogP contribution >= 0.6 is 0 Å². The van der Waals surface area contributed by atoms with Crippen LogP contribution in [0.15, 0.2) is 48.5 Å². The van der Waals surface area contributed by atoms with Gasteiger partial charge in [0.25, 0.3) is 0 Å². The van der Waals surface area contributed by atoms with Gasteiger partial charge in [0.05, 0.1) is 12.8 Å². The lowest BCUT2D eigenvalue weighted by atomic mass is 10.2. The van der Waals surface area contributed by atoms with E-state index in [4.69, 9.17) is 9.47 Å². The van der Waals surface area contributed by atoms with Crippen LogP contribution in [0.2, 0.25) is 0 Å². The molecule has 0 saturated heterocycles. The third-order valence-corrected chi connectivity index (χ3v) is 2.79. The van der Waals surface area contributed by atoms with Crippen molar-refractivity contribution in [1.82, 2.24) is 0 Å². The van der Waals surface area contributed by atoms with Crippen molar-refractivity contribution >= 4 is 5.69 Å². The lowest BCUT2D eigenvalue weighted by Crippen LogP contribution is -2.03. The third-order valence-electron chi connectivity index (χ3n) is 2.79. The van der Waals surface area contributed by atoms with Crippen molar-refractivity contribution in [1.29, 1.82) is 0 Å². The van der Waals surface area contributed by atoms with Crippen molar-refractivity contribution in [3.63, 3.8) is 0 Å². The Labute approximate surface area is 114 Å². The summed E-state index contributed by atoms with van der Waals surface area (Å²) in [5, 5.41) is 3.28. The Balaban J connectivity index is 2.17. The van der Waals surface area contributed by atoms with Crippen LogP contribution in [0, 0.1) is 0 Å². The van der Waals surface area contributed by atoms with E-state index in [0.29, 0.717) is 6.61 Å². The zero-order valence-corrected chi connectivity index (χ0v) is 11.3. The van der Waals surface area contributed by atoms with Crippen LogP contribution in [0.3, 0.4) is 0 Å². The van der Waals surface area contributed by atoms with Crippen molar-refractivity contribution in [2.75, 3.05) is 19.0 Å². The minimum atomic E-state index is 0.527. The average molecular weight is 257 g/mol. The average Bonchev–Trinajstić information content (AvgIpc) is 2.47. The van der Waals surface area contributed by atoms with Gasteiger partial charge in [0.15, 0.2) is 11.5 Å². The van der Waals surface area contributed by atoms with Crippen LogP contribution in [0.5, 0.6) is 11.5 Å². The van der Waals surface area contributed by atoms with Gasteiger partial charge in [0, 0.05) is 6.54 Å². The Morgan fingerprint density at radius 2 is 1.79 bits per heavy atom. The van der Waals surface area contributed by atoms with Crippen LogP contribution < -0.4 is 14.8 Å². The Morgan fingerprint density at radius 3 is 2.47 bits per heavy atom. The van der Waals surface area contributed by atoms with Crippen LogP contribution in [0.25, 0.3) is 0 Å². The topological polar surface area (TPSA) is 30.5 Å². The maximum Gasteiger partial charge on any atom is 0.184 e. The molecule has 0 radical (unpaired) electrons. The largest absolute Gasteiger partial charge is 0.493 e. The van der Waals surface area contributed by atoms with E-state index in [1.54, 1.807) is 7.11 Å². The number of rotatable bonds is 6. The standard InChI is InChI=1S/C16H19NO2/c1-3-17-14-10-7-11-15(18-2)16(14)19-12-13-8-5-4-6-9-13/h4-11,17H,3,12H2,1-2H3. The Kier molecular flexibility index (Phi) is 4.67. The highest BCUT2D eigenvalue weighted by Crippen LogP contribution is 2.35. The Morgan fingerprint density at radius 1 is 1.00 bits per heavy atom. The number of para-hydroxylation sites is 1. The van der Waals surface area contributed by atoms with Gasteiger partial charge in [-0.05, 0) is 24.6 Å². The molecule has 2 aromatic carbocycles. The number of hydrogen-bond acceptors (Lipinski definition) is 3. The molecule has 0 aliphatic heterocycles. The summed E-state index contributed by atoms with van der Waals surface area (Å²) in [6.45, 7) is 3.43. The fourth-order valence-corrected chi connectivity index (χ4v) is 1.88. The fraction of sp³-hybridized carbons (Fsp3) is 0.250. The lowest BCUT2D eigenvalue weighted by molar-refractivity contribution is 0.286. The van der Waals surface area contributed by atoms with Crippen molar-refractivity contribution in [2.24, 2.45) is 0 Å². The van der Waals surface area contributed by atoms with E-state index in [1.807, 2.05) is 48.5 Å². The number of benzene rings is 2. The lowest BCUT2D eigenvalue weighted by Gasteiger charge is -2.15. The number of methoxy groups -OCH3 is 1. The molecule has 0 amide bonds. The Bertz CT molecular complexity index is 511. The first-order valence-electron chi connectivity index (χ1n) is 6.42. The molecule has 3 heteroatoms. The summed E-state index contributed by atoms with van der Waals surface area (Å²) in [5.41, 5.74) is 2.09. The van der Waals surface area contributed by atoms with Crippen molar-refractivity contribution in [3.05, 3.63) is 54.1 Å². The summed E-state index contributed by atoms with van der Waals surface area (Å²) in [7, 11) is 1.65. The number of anilines is 1. The molecule has 3 nitrogen and oxygen atoms in total. The molecule has 0 heterocycles. The first-order chi connectivity index (χ1) is 9.35. The highest BCUT2D eigenvalue weighted by molar-refractivity contribution is 5.63. The van der Waals surface area contributed by atoms with Crippen molar-refractivity contribution in [3.8, 4) is 11.5 Å². The minimum absolute atomic E-state index is 0.527. The van der Waals surface area contributed by atoms with Gasteiger partial charge in [-0.2, -0.15) is 0 Å². The second-order valence-corrected chi connectivity index (χ2v) is 4.14. The number of hydrogen-bond donors (Lipinski definition) is 1. The van der Waals surface area contributed by atoms with E-state index in [9.17, 15) is 0 Å². The molecule has 0 aromatic heterocycles. The summed E-state index contributed by atoms with van der Waals surface area (Å²) in [4.78, 5) is 0. The summed E-state index contributed by atoms with van der Waals surface area (Å²) in [5.74, 6) is 1.50. The Hall–Kier alpha value is -2.16. The van der Waals surface area contributed by atoms with Gasteiger partial charge < -0.3 is 14.8 Å². The van der Waals surface area contributed by atoms with Crippen molar-refractivity contribution < 1.29 is 9.47 Å². The summed E-state index contributed by atoms with van der Waals surface area (Å²) in [6, 6.07) is 15.9. The smallest absolute Gasteiger partial charge is 0.184 e. The van der Waals surface area contributed by atoms with E-state index in [0.717, 1.165) is 29.3 Å². The molecule has 0 bridgehead atoms. The molecule has 0 fully saturated rings. The van der Waals surface area contributed by atoms with Crippen LogP contribution in [0.1, 0.15) is 12.5 Å². The predicted molar refractivity (Wildman–Crippen MR) is 77.9 cm³/mol. The van der Waals surface area contributed by atoms with Gasteiger partial charge >= 0.3 is 0 Å². The molecule has 19 heavy (non-hydrogen) atoms. The van der Waals surface area contributed by atoms with E-state index < -0.39 is 0 Å². The molecule has 100 valence electrons. The van der Waals surface area contributed by atoms with E-state index in [1.165, 1.54) is 0 Å². The maximum atomic E-state index is 5.91. The molecule has 0 saturated carbocycles. The van der Waals surface area contributed by atoms with Gasteiger partial charge in [-0.1, -0.05) is 36.4 Å². The summed E-state index contributed by atoms with van der Waals surface area (Å²) in [6.07, 6.45) is 0. The highest BCUT2D eigenvalue weighted by Gasteiger charge is 2.10. The van der Waals surface area contributed by atoms with Crippen LogP contribution in [0.4, 0.5) is 5.69 Å². The quantitative estimate of drug-likeness (QED) is 0.855. The molecular weight excluding hydrogens is 238 g/mol. The predicted octanol–water partition coefficient (Wildman–Crippen LogP) is 3.71. The molecule has 0 aliphatic rings. The molecule has 0 spiro atoms. The normalized spacial score (nSPS) is 10.0. The zero-order valence-electron chi connectivity index (χ0n) is 11.3. The van der Waals surface area contributed by atoms with Gasteiger partial charge in [0.2, 0.25) is 0 Å². The van der Waals surface area contributed by atoms with Crippen LogP contribution in [-0.2, 0) is 6.61 Å². The monoisotopic (exact) mass is 257 g/mol. The fourth-order valence-electron chi connectivity index (χ4n) is 1.88. The number of ether oxygens (including phenoxy) is 2. The van der Waals surface area contributed by atoms with E-state index in [-0.39, 0.29) is 0 Å². The van der Waals surface area contributed by atoms with Crippen molar-refractivity contribution in [2.45, 2.75) is 13.5 Å². The SMILES string of the molecule is CCNc1cccc(OC)c1OCc1ccccc1. The highest BCUT2D eigenvalue weighted by atomic mass is 16.5. The molecule has 0 aliphatic carbocycles. The van der Waals surface area contributed by atoms with Gasteiger partial charge in [-0.25, -0.2) is 0 Å². The first kappa shape index (κ1) is 13.3. The van der Waals surface area contributed by atoms with Crippen LogP contribution in [-0.4, -0.2) is 13.7 Å². The molecule has 0 unspecified atom stereocenters. The van der Waals surface area contributed by atoms with Gasteiger partial charge in [-0.3, -0.25) is 0 Å². The minimum Gasteiger partial charge on any atom is -0.493 e. The summed E-state index contributed by atoms with van der Waals surface area (Å²) >= 11 is 0.